The maximum absolute atomic E-state index is 12.9. The molecule has 4 atom stereocenters. The number of benzene rings is 1. The number of piperidine rings is 1. The highest BCUT2D eigenvalue weighted by molar-refractivity contribution is 5.92. The van der Waals surface area contributed by atoms with Crippen molar-refractivity contribution in [1.82, 2.24) is 20.5 Å². The molecule has 3 heterocycles. The molecule has 2 fully saturated rings. The second-order valence-corrected chi connectivity index (χ2v) is 10.5. The van der Waals surface area contributed by atoms with Gasteiger partial charge in [0.25, 0.3) is 5.91 Å². The lowest BCUT2D eigenvalue weighted by atomic mass is 10.0. The molecule has 4 rings (SSSR count). The predicted octanol–water partition coefficient (Wildman–Crippen LogP) is 3.12. The number of amides is 3. The average Bonchev–Trinajstić information content (AvgIpc) is 3.41. The van der Waals surface area contributed by atoms with E-state index in [2.05, 4.69) is 10.3 Å². The minimum absolute atomic E-state index is 0.0586. The third-order valence-electron chi connectivity index (χ3n) is 7.29. The van der Waals surface area contributed by atoms with E-state index in [1.165, 1.54) is 25.3 Å². The third kappa shape index (κ3) is 7.77. The number of rotatable bonds is 9. The monoisotopic (exact) mass is 590 g/mol. The first-order valence-corrected chi connectivity index (χ1v) is 13.8. The van der Waals surface area contributed by atoms with Crippen LogP contribution in [0.25, 0.3) is 0 Å². The molecule has 2 aliphatic rings. The van der Waals surface area contributed by atoms with Crippen molar-refractivity contribution in [3.8, 4) is 5.75 Å². The molecule has 0 radical (unpaired) electrons. The van der Waals surface area contributed by atoms with E-state index in [1.54, 1.807) is 17.0 Å². The quantitative estimate of drug-likeness (QED) is 0.430. The summed E-state index contributed by atoms with van der Waals surface area (Å²) in [7, 11) is 0. The molecule has 0 spiro atoms. The van der Waals surface area contributed by atoms with E-state index in [-0.39, 0.29) is 36.4 Å². The SMILES string of the molecule is CCc1ccc([C@@H](Oc2ccc(C(=O)N[C@H]3CCCN(C(=O)[C@H]4COC(=O)C4)C3)nc2)[C@H](C)NC(=O)C(F)(F)F)cc1. The summed E-state index contributed by atoms with van der Waals surface area (Å²) in [5.74, 6) is -3.41. The average molecular weight is 591 g/mol. The van der Waals surface area contributed by atoms with Crippen LogP contribution >= 0.6 is 0 Å². The smallest absolute Gasteiger partial charge is 0.471 e. The van der Waals surface area contributed by atoms with E-state index >= 15 is 0 Å². The van der Waals surface area contributed by atoms with Crippen LogP contribution in [-0.2, 0) is 25.5 Å². The van der Waals surface area contributed by atoms with Gasteiger partial charge < -0.3 is 25.0 Å². The van der Waals surface area contributed by atoms with E-state index in [0.29, 0.717) is 31.5 Å². The number of aromatic nitrogens is 1. The van der Waals surface area contributed by atoms with Crippen LogP contribution in [0.5, 0.6) is 5.75 Å². The van der Waals surface area contributed by atoms with Gasteiger partial charge in [-0.1, -0.05) is 31.2 Å². The molecule has 0 saturated carbocycles. The second-order valence-electron chi connectivity index (χ2n) is 10.5. The number of aryl methyl sites for hydroxylation is 1. The number of cyclic esters (lactones) is 1. The molecule has 2 aliphatic heterocycles. The molecule has 3 amide bonds. The molecular formula is C29H33F3N4O6. The number of ether oxygens (including phenoxy) is 2. The summed E-state index contributed by atoms with van der Waals surface area (Å²) in [5, 5.41) is 4.83. The van der Waals surface area contributed by atoms with Crippen LogP contribution in [0.4, 0.5) is 13.2 Å². The Labute approximate surface area is 240 Å². The summed E-state index contributed by atoms with van der Waals surface area (Å²) >= 11 is 0. The van der Waals surface area contributed by atoms with E-state index in [1.807, 2.05) is 24.4 Å². The number of pyridine rings is 1. The zero-order chi connectivity index (χ0) is 30.4. The van der Waals surface area contributed by atoms with Crippen LogP contribution in [0.3, 0.4) is 0 Å². The number of alkyl halides is 3. The number of esters is 1. The summed E-state index contributed by atoms with van der Waals surface area (Å²) in [5.41, 5.74) is 1.66. The number of hydrogen-bond donors (Lipinski definition) is 2. The Morgan fingerprint density at radius 1 is 1.17 bits per heavy atom. The van der Waals surface area contributed by atoms with Gasteiger partial charge in [-0.05, 0) is 49.4 Å². The minimum atomic E-state index is -5.05. The Hall–Kier alpha value is -4.16. The van der Waals surface area contributed by atoms with Crippen LogP contribution in [0.1, 0.15) is 60.8 Å². The van der Waals surface area contributed by atoms with Crippen molar-refractivity contribution in [1.29, 1.82) is 0 Å². The highest BCUT2D eigenvalue weighted by Gasteiger charge is 2.40. The normalized spacial score (nSPS) is 20.3. The number of likely N-dealkylation sites (tertiary alicyclic amines) is 1. The van der Waals surface area contributed by atoms with Crippen LogP contribution in [0, 0.1) is 5.92 Å². The van der Waals surface area contributed by atoms with Crippen molar-refractivity contribution in [3.05, 3.63) is 59.4 Å². The molecule has 10 nitrogen and oxygen atoms in total. The fourth-order valence-electron chi connectivity index (χ4n) is 4.98. The fraction of sp³-hybridized carbons (Fsp3) is 0.483. The topological polar surface area (TPSA) is 127 Å². The Kier molecular flexibility index (Phi) is 9.69. The molecule has 2 N–H and O–H groups in total. The van der Waals surface area contributed by atoms with Gasteiger partial charge in [0, 0.05) is 19.1 Å². The van der Waals surface area contributed by atoms with Crippen LogP contribution in [-0.4, -0.2) is 71.5 Å². The van der Waals surface area contributed by atoms with Gasteiger partial charge in [-0.15, -0.1) is 0 Å². The van der Waals surface area contributed by atoms with E-state index < -0.39 is 42.0 Å². The molecule has 0 unspecified atom stereocenters. The van der Waals surface area contributed by atoms with Crippen molar-refractivity contribution in [3.63, 3.8) is 0 Å². The third-order valence-corrected chi connectivity index (χ3v) is 7.29. The number of hydrogen-bond acceptors (Lipinski definition) is 7. The Balaban J connectivity index is 1.40. The first-order valence-electron chi connectivity index (χ1n) is 13.8. The van der Waals surface area contributed by atoms with Gasteiger partial charge in [0.1, 0.15) is 24.2 Å². The molecule has 2 aromatic rings. The molecule has 2 saturated heterocycles. The number of nitrogens with zero attached hydrogens (tertiary/aromatic N) is 2. The molecule has 1 aromatic heterocycles. The van der Waals surface area contributed by atoms with Crippen molar-refractivity contribution < 1.29 is 41.8 Å². The van der Waals surface area contributed by atoms with Gasteiger partial charge in [-0.3, -0.25) is 19.2 Å². The number of halogens is 3. The summed E-state index contributed by atoms with van der Waals surface area (Å²) in [6.45, 7) is 4.29. The fourth-order valence-corrected chi connectivity index (χ4v) is 4.98. The Bertz CT molecular complexity index is 1290. The van der Waals surface area contributed by atoms with Gasteiger partial charge in [0.15, 0.2) is 0 Å². The van der Waals surface area contributed by atoms with Gasteiger partial charge in [-0.2, -0.15) is 13.2 Å². The summed E-state index contributed by atoms with van der Waals surface area (Å²) in [4.78, 5) is 54.4. The zero-order valence-electron chi connectivity index (χ0n) is 23.3. The highest BCUT2D eigenvalue weighted by atomic mass is 19.4. The number of carbonyl (C=O) groups is 4. The summed E-state index contributed by atoms with van der Waals surface area (Å²) < 4.78 is 49.6. The van der Waals surface area contributed by atoms with Crippen LogP contribution in [0.2, 0.25) is 0 Å². The van der Waals surface area contributed by atoms with Crippen LogP contribution < -0.4 is 15.4 Å². The van der Waals surface area contributed by atoms with Gasteiger partial charge in [-0.25, -0.2) is 4.98 Å². The Morgan fingerprint density at radius 2 is 1.90 bits per heavy atom. The lowest BCUT2D eigenvalue weighted by Gasteiger charge is -2.34. The lowest BCUT2D eigenvalue weighted by molar-refractivity contribution is -0.174. The van der Waals surface area contributed by atoms with Crippen molar-refractivity contribution in [2.75, 3.05) is 19.7 Å². The molecule has 42 heavy (non-hydrogen) atoms. The zero-order valence-corrected chi connectivity index (χ0v) is 23.3. The first kappa shape index (κ1) is 30.8. The summed E-state index contributed by atoms with van der Waals surface area (Å²) in [6, 6.07) is 8.65. The standard InChI is InChI=1S/C29H33F3N4O6/c1-3-18-6-8-19(9-7-18)25(17(2)34-28(40)29(30,31)32)42-22-10-11-23(33-14-22)26(38)35-21-5-4-12-36(15-21)27(39)20-13-24(37)41-16-20/h6-11,14,17,20-21,25H,3-5,12-13,15-16H2,1-2H3,(H,34,40)(H,35,38)/t17-,20+,21-,25-/m0/s1. The second kappa shape index (κ2) is 13.2. The van der Waals surface area contributed by atoms with Gasteiger partial charge in [0.2, 0.25) is 5.91 Å². The van der Waals surface area contributed by atoms with E-state index in [0.717, 1.165) is 12.0 Å². The molecule has 0 bridgehead atoms. The maximum atomic E-state index is 12.9. The Morgan fingerprint density at radius 3 is 2.50 bits per heavy atom. The lowest BCUT2D eigenvalue weighted by Crippen LogP contribution is -2.51. The molecular weight excluding hydrogens is 557 g/mol. The van der Waals surface area contributed by atoms with Crippen molar-refractivity contribution in [2.45, 2.75) is 63.9 Å². The van der Waals surface area contributed by atoms with Gasteiger partial charge in [0.05, 0.1) is 24.6 Å². The number of nitrogens with one attached hydrogen (secondary N) is 2. The maximum Gasteiger partial charge on any atom is 0.471 e. The largest absolute Gasteiger partial charge is 0.482 e. The van der Waals surface area contributed by atoms with E-state index in [4.69, 9.17) is 9.47 Å². The van der Waals surface area contributed by atoms with E-state index in [9.17, 15) is 32.3 Å². The van der Waals surface area contributed by atoms with Crippen LogP contribution in [0.15, 0.2) is 42.6 Å². The van der Waals surface area contributed by atoms with Gasteiger partial charge >= 0.3 is 18.1 Å². The molecule has 226 valence electrons. The molecule has 13 heteroatoms. The predicted molar refractivity (Wildman–Crippen MR) is 143 cm³/mol. The molecule has 0 aliphatic carbocycles. The number of carbonyl (C=O) groups excluding carboxylic acids is 4. The summed E-state index contributed by atoms with van der Waals surface area (Å²) in [6.07, 6.45) is -2.56. The van der Waals surface area contributed by atoms with Crippen molar-refractivity contribution >= 4 is 23.7 Å². The van der Waals surface area contributed by atoms with Crippen molar-refractivity contribution in [2.24, 2.45) is 5.92 Å². The minimum Gasteiger partial charge on any atom is -0.482 e. The first-order chi connectivity index (χ1) is 19.9. The molecule has 1 aromatic carbocycles. The highest BCUT2D eigenvalue weighted by Crippen LogP contribution is 2.27.